The number of likely N-dealkylation sites (N-methyl/N-ethyl adjacent to an activating group) is 1. The molecule has 4 amide bonds. The first kappa shape index (κ1) is 34.0. The number of hydrogen-bond acceptors (Lipinski definition) is 9. The summed E-state index contributed by atoms with van der Waals surface area (Å²) in [6.07, 6.45) is 1.74. The zero-order chi connectivity index (χ0) is 35.2. The van der Waals surface area contributed by atoms with Gasteiger partial charge in [-0.3, -0.25) is 9.59 Å². The molecule has 3 heterocycles. The molecule has 1 aliphatic rings. The zero-order valence-electron chi connectivity index (χ0n) is 28.4. The van der Waals surface area contributed by atoms with Gasteiger partial charge in [-0.25, -0.2) is 19.7 Å². The smallest absolute Gasteiger partial charge is 0.323 e. The van der Waals surface area contributed by atoms with Gasteiger partial charge < -0.3 is 35.4 Å². The lowest BCUT2D eigenvalue weighted by molar-refractivity contribution is -0.116. The first-order valence-corrected chi connectivity index (χ1v) is 16.2. The van der Waals surface area contributed by atoms with Crippen LogP contribution in [-0.2, 0) is 9.53 Å². The van der Waals surface area contributed by atoms with Crippen LogP contribution in [0.25, 0.3) is 33.4 Å². The number of nitrogens with zero attached hydrogens (tertiary/aromatic N) is 6. The van der Waals surface area contributed by atoms with Gasteiger partial charge in [0.05, 0.1) is 25.3 Å². The number of hydrogen-bond donors (Lipinski definition) is 3. The number of carbonyl (C=O) groups is 3. The highest BCUT2D eigenvalue weighted by Gasteiger charge is 2.19. The summed E-state index contributed by atoms with van der Waals surface area (Å²) in [5, 5.41) is 9.38. The Labute approximate surface area is 290 Å². The maximum atomic E-state index is 12.7. The summed E-state index contributed by atoms with van der Waals surface area (Å²) in [6.45, 7) is 2.93. The van der Waals surface area contributed by atoms with Crippen LogP contribution in [-0.4, -0.2) is 104 Å². The van der Waals surface area contributed by atoms with Crippen LogP contribution in [0.5, 0.6) is 0 Å². The van der Waals surface area contributed by atoms with Crippen LogP contribution in [0.3, 0.4) is 0 Å². The van der Waals surface area contributed by atoms with Gasteiger partial charge in [0.1, 0.15) is 11.6 Å². The van der Waals surface area contributed by atoms with Crippen molar-refractivity contribution in [2.24, 2.45) is 0 Å². The number of rotatable bonds is 9. The number of amides is 4. The second kappa shape index (κ2) is 15.1. The summed E-state index contributed by atoms with van der Waals surface area (Å²) >= 11 is 0. The highest BCUT2D eigenvalue weighted by molar-refractivity contribution is 6.01. The van der Waals surface area contributed by atoms with E-state index in [1.54, 1.807) is 67.7 Å². The van der Waals surface area contributed by atoms with Crippen molar-refractivity contribution >= 4 is 51.8 Å². The second-order valence-corrected chi connectivity index (χ2v) is 12.4. The lowest BCUT2D eigenvalue weighted by Gasteiger charge is -2.29. The highest BCUT2D eigenvalue weighted by Crippen LogP contribution is 2.32. The minimum absolute atomic E-state index is 0.111. The van der Waals surface area contributed by atoms with Crippen molar-refractivity contribution in [1.29, 1.82) is 0 Å². The van der Waals surface area contributed by atoms with Crippen molar-refractivity contribution < 1.29 is 19.1 Å². The number of anilines is 4. The zero-order valence-corrected chi connectivity index (χ0v) is 28.4. The van der Waals surface area contributed by atoms with E-state index in [1.165, 1.54) is 4.90 Å². The molecule has 50 heavy (non-hydrogen) atoms. The van der Waals surface area contributed by atoms with E-state index in [2.05, 4.69) is 25.8 Å². The molecule has 3 N–H and O–H groups in total. The molecule has 5 aromatic rings. The molecule has 1 saturated heterocycles. The van der Waals surface area contributed by atoms with Crippen LogP contribution in [0, 0.1) is 0 Å². The van der Waals surface area contributed by atoms with Gasteiger partial charge in [0, 0.05) is 66.8 Å². The Balaban J connectivity index is 1.22. The molecule has 0 unspecified atom stereocenters. The molecule has 0 aliphatic carbocycles. The Morgan fingerprint density at radius 1 is 0.760 bits per heavy atom. The molecule has 0 radical (unpaired) electrons. The maximum absolute atomic E-state index is 12.7. The van der Waals surface area contributed by atoms with Crippen LogP contribution < -0.4 is 20.9 Å². The molecule has 0 spiro atoms. The van der Waals surface area contributed by atoms with E-state index >= 15 is 0 Å². The Morgan fingerprint density at radius 3 is 2.02 bits per heavy atom. The fourth-order valence-corrected chi connectivity index (χ4v) is 5.50. The molecular formula is C37H39N9O4. The number of nitrogens with one attached hydrogen (secondary N) is 3. The van der Waals surface area contributed by atoms with E-state index in [4.69, 9.17) is 14.7 Å². The highest BCUT2D eigenvalue weighted by atomic mass is 16.5. The number of fused-ring (bicyclic) bond motifs is 1. The quantitative estimate of drug-likeness (QED) is 0.196. The van der Waals surface area contributed by atoms with Crippen molar-refractivity contribution in [3.8, 4) is 22.5 Å². The minimum Gasteiger partial charge on any atom is -0.378 e. The summed E-state index contributed by atoms with van der Waals surface area (Å²) in [4.78, 5) is 57.0. The SMILES string of the molecule is CN(C)CC(=O)Nc1ccc(-c2ccc3c(N4CCOCC4)nc(-c4ccc(NC(=O)Nc5ccc(C(=O)N(C)C)cc5)cc4)nc3c2)cn1. The van der Waals surface area contributed by atoms with Crippen molar-refractivity contribution in [3.05, 3.63) is 90.6 Å². The molecule has 3 aromatic carbocycles. The van der Waals surface area contributed by atoms with Gasteiger partial charge in [0.15, 0.2) is 5.82 Å². The Hall–Kier alpha value is -5.92. The largest absolute Gasteiger partial charge is 0.378 e. The lowest BCUT2D eigenvalue weighted by atomic mass is 10.0. The monoisotopic (exact) mass is 673 g/mol. The number of ether oxygens (including phenoxy) is 1. The number of carbonyl (C=O) groups excluding carboxylic acids is 3. The Bertz CT molecular complexity index is 1990. The number of aromatic nitrogens is 3. The molecule has 6 rings (SSSR count). The van der Waals surface area contributed by atoms with E-state index < -0.39 is 6.03 Å². The van der Waals surface area contributed by atoms with Crippen LogP contribution in [0.1, 0.15) is 10.4 Å². The van der Waals surface area contributed by atoms with Gasteiger partial charge in [-0.1, -0.05) is 6.07 Å². The molecule has 1 fully saturated rings. The molecule has 1 aliphatic heterocycles. The van der Waals surface area contributed by atoms with Crippen LogP contribution in [0.15, 0.2) is 85.1 Å². The number of urea groups is 1. The van der Waals surface area contributed by atoms with E-state index in [-0.39, 0.29) is 18.4 Å². The molecule has 0 atom stereocenters. The standard InChI is InChI=1S/C37H39N9O4/c1-44(2)23-33(47)42-32-16-10-27(22-38-32)26-9-15-30-31(21-26)41-34(43-35(30)46-17-19-50-20-18-46)24-5-11-28(12-6-24)39-37(49)40-29-13-7-25(8-14-29)36(48)45(3)4/h5-16,21-22H,17-20,23H2,1-4H3,(H,38,42,47)(H2,39,40,49). The normalized spacial score (nSPS) is 12.9. The molecule has 2 aromatic heterocycles. The third-order valence-electron chi connectivity index (χ3n) is 8.01. The summed E-state index contributed by atoms with van der Waals surface area (Å²) < 4.78 is 5.61. The van der Waals surface area contributed by atoms with Gasteiger partial charge >= 0.3 is 6.03 Å². The molecule has 256 valence electrons. The van der Waals surface area contributed by atoms with Crippen LogP contribution >= 0.6 is 0 Å². The van der Waals surface area contributed by atoms with E-state index in [0.717, 1.165) is 33.4 Å². The molecule has 0 bridgehead atoms. The van der Waals surface area contributed by atoms with Gasteiger partial charge in [-0.05, 0) is 92.5 Å². The number of pyridine rings is 1. The summed E-state index contributed by atoms with van der Waals surface area (Å²) in [5.41, 5.74) is 5.07. The third kappa shape index (κ3) is 8.20. The first-order valence-electron chi connectivity index (χ1n) is 16.2. The van der Waals surface area contributed by atoms with Crippen molar-refractivity contribution in [1.82, 2.24) is 24.8 Å². The van der Waals surface area contributed by atoms with Gasteiger partial charge in [-0.15, -0.1) is 0 Å². The fourth-order valence-electron chi connectivity index (χ4n) is 5.50. The minimum atomic E-state index is -0.410. The summed E-state index contributed by atoms with van der Waals surface area (Å²) in [7, 11) is 7.05. The van der Waals surface area contributed by atoms with E-state index in [9.17, 15) is 14.4 Å². The van der Waals surface area contributed by atoms with Crippen molar-refractivity contribution in [2.75, 3.05) is 81.9 Å². The molecule has 0 saturated carbocycles. The van der Waals surface area contributed by atoms with Crippen molar-refractivity contribution in [3.63, 3.8) is 0 Å². The maximum Gasteiger partial charge on any atom is 0.323 e. The fraction of sp³-hybridized carbons (Fsp3) is 0.243. The molecule has 13 heteroatoms. The van der Waals surface area contributed by atoms with Crippen LogP contribution in [0.2, 0.25) is 0 Å². The van der Waals surface area contributed by atoms with Gasteiger partial charge in [0.2, 0.25) is 5.91 Å². The van der Waals surface area contributed by atoms with Crippen LogP contribution in [0.4, 0.5) is 27.8 Å². The van der Waals surface area contributed by atoms with Crippen molar-refractivity contribution in [2.45, 2.75) is 0 Å². The Morgan fingerprint density at radius 2 is 1.40 bits per heavy atom. The summed E-state index contributed by atoms with van der Waals surface area (Å²) in [6, 6.07) is 23.5. The topological polar surface area (TPSA) is 145 Å². The van der Waals surface area contributed by atoms with Gasteiger partial charge in [0.25, 0.3) is 5.91 Å². The average molecular weight is 674 g/mol. The number of morpholine rings is 1. The van der Waals surface area contributed by atoms with E-state index in [1.807, 2.05) is 50.5 Å². The number of benzene rings is 3. The van der Waals surface area contributed by atoms with Gasteiger partial charge in [-0.2, -0.15) is 0 Å². The molecule has 13 nitrogen and oxygen atoms in total. The lowest BCUT2D eigenvalue weighted by Crippen LogP contribution is -2.37. The molecular weight excluding hydrogens is 634 g/mol. The Kier molecular flexibility index (Phi) is 10.3. The second-order valence-electron chi connectivity index (χ2n) is 12.4. The average Bonchev–Trinajstić information content (AvgIpc) is 3.11. The predicted octanol–water partition coefficient (Wildman–Crippen LogP) is 5.04. The predicted molar refractivity (Wildman–Crippen MR) is 196 cm³/mol. The van der Waals surface area contributed by atoms with E-state index in [0.29, 0.717) is 54.9 Å². The third-order valence-corrected chi connectivity index (χ3v) is 8.01. The summed E-state index contributed by atoms with van der Waals surface area (Å²) in [5.74, 6) is 1.63. The first-order chi connectivity index (χ1) is 24.1.